The van der Waals surface area contributed by atoms with Crippen molar-refractivity contribution in [1.82, 2.24) is 59.5 Å². The van der Waals surface area contributed by atoms with Crippen molar-refractivity contribution in [3.63, 3.8) is 0 Å². The molecule has 4 aliphatic heterocycles. The number of para-hydroxylation sites is 1. The molecule has 648 valence electrons. The maximum Gasteiger partial charge on any atom is 0.253 e. The van der Waals surface area contributed by atoms with Crippen molar-refractivity contribution >= 4 is 69.8 Å². The van der Waals surface area contributed by atoms with Crippen LogP contribution >= 0.6 is 11.6 Å². The lowest BCUT2D eigenvalue weighted by Gasteiger charge is -2.45. The second kappa shape index (κ2) is 36.4. The zero-order valence-corrected chi connectivity index (χ0v) is 73.9. The highest BCUT2D eigenvalue weighted by Gasteiger charge is 2.48. The molecule has 8 aliphatic rings. The molecule has 21 nitrogen and oxygen atoms in total. The minimum Gasteiger partial charge on any atom is -0.457 e. The Balaban J connectivity index is 0.000000112. The molecule has 0 bridgehead atoms. The first kappa shape index (κ1) is 84.4. The van der Waals surface area contributed by atoms with Crippen LogP contribution in [-0.2, 0) is 58.6 Å². The maximum absolute atomic E-state index is 13.3. The zero-order valence-electron chi connectivity index (χ0n) is 73.1. The maximum atomic E-state index is 13.3. The summed E-state index contributed by atoms with van der Waals surface area (Å²) in [5, 5.41) is 15.1. The molecule has 4 spiro atoms. The van der Waals surface area contributed by atoms with E-state index in [0.717, 1.165) is 186 Å². The minimum atomic E-state index is -0.00171. The smallest absolute Gasteiger partial charge is 0.253 e. The molecular formula is C107H103ClN16O5. The van der Waals surface area contributed by atoms with E-state index < -0.39 is 0 Å². The van der Waals surface area contributed by atoms with Crippen LogP contribution < -0.4 is 26.0 Å². The monoisotopic (exact) mass is 1730 g/mol. The van der Waals surface area contributed by atoms with E-state index in [1.54, 1.807) is 12.1 Å². The van der Waals surface area contributed by atoms with Crippen LogP contribution in [0.25, 0.3) is 55.8 Å². The molecule has 0 unspecified atom stereocenters. The third kappa shape index (κ3) is 17.0. The summed E-state index contributed by atoms with van der Waals surface area (Å²) in [4.78, 5) is 97.4. The van der Waals surface area contributed by atoms with Gasteiger partial charge >= 0.3 is 0 Å². The van der Waals surface area contributed by atoms with Gasteiger partial charge in [-0.2, -0.15) is 0 Å². The number of anilines is 4. The number of aromatic nitrogens is 8. The number of carbonyl (C=O) groups is 4. The lowest BCUT2D eigenvalue weighted by atomic mass is 9.64. The normalized spacial score (nSPS) is 16.3. The fraction of sp³-hybridized carbons (Fsp3) is 0.271. The van der Waals surface area contributed by atoms with Crippen molar-refractivity contribution in [2.75, 3.05) is 102 Å². The number of halogens is 1. The molecule has 129 heavy (non-hydrogen) atoms. The Morgan fingerprint density at radius 2 is 0.643 bits per heavy atom. The van der Waals surface area contributed by atoms with Gasteiger partial charge < -0.3 is 45.6 Å². The van der Waals surface area contributed by atoms with Gasteiger partial charge in [0.25, 0.3) is 17.7 Å². The lowest BCUT2D eigenvalue weighted by molar-refractivity contribution is -0.132. The number of benzene rings is 10. The Bertz CT molecular complexity index is 6520. The number of piperidine rings is 4. The van der Waals surface area contributed by atoms with Crippen LogP contribution in [0.3, 0.4) is 0 Å². The van der Waals surface area contributed by atoms with Crippen LogP contribution in [0.15, 0.2) is 274 Å². The van der Waals surface area contributed by atoms with Crippen molar-refractivity contribution in [1.29, 1.82) is 0 Å². The molecule has 14 aromatic rings. The van der Waals surface area contributed by atoms with Crippen LogP contribution in [0.4, 0.5) is 23.8 Å². The van der Waals surface area contributed by atoms with Gasteiger partial charge in [-0.25, -0.2) is 39.9 Å². The third-order valence-electron chi connectivity index (χ3n) is 27.9. The van der Waals surface area contributed by atoms with Crippen molar-refractivity contribution in [3.05, 3.63) is 345 Å². The first-order valence-corrected chi connectivity index (χ1v) is 45.3. The third-order valence-corrected chi connectivity index (χ3v) is 28.2. The zero-order chi connectivity index (χ0) is 88.2. The standard InChI is InChI=1S/C30H28N4O2.C28H26N4O.C25H26N4O.C24H23ClN4O/c1-31-29-32-20-22-19-30(26-10-6-5-9-25(26)27(22)33-29)15-17-34(18-16-30)28(35)21-11-13-24(14-12-21)36-23-7-3-2-4-8-23;1-29-27-30-18-22-17-28(24-9-5-4-8-23(24)25(22)31-27)12-14-32(15-13-28)26(33)21-11-10-19-6-2-3-7-20(19)16-21;1-26-24-27-17-19-16-25(21-10-6-5-9-20(21)23(19)28-24)11-13-29(14-12-25)22(30)15-18-7-3-2-4-8-18;1-26-23-27-15-17-14-24(20-8-3-2-7-19(20)21(17)28-23)9-11-29(12-10-24)22(30)16-5-4-6-18(25)13-16/h2-14,20H,15-19H2,1H3,(H,31,32,33);2-11,16,18H,12-15,17H2,1H3,(H,29,30,31);2-10,17H,11-16H2,1H3,(H,26,27,28);2-8,13,15H,9-12,14H2,1H3,(H,26,27,28). The van der Waals surface area contributed by atoms with Crippen LogP contribution in [0.1, 0.15) is 133 Å². The van der Waals surface area contributed by atoms with Crippen LogP contribution in [0, 0.1) is 0 Å². The number of amides is 4. The molecule has 22 rings (SSSR count). The van der Waals surface area contributed by atoms with Crippen molar-refractivity contribution in [3.8, 4) is 56.5 Å². The van der Waals surface area contributed by atoms with Gasteiger partial charge in [0.05, 0.1) is 29.2 Å². The van der Waals surface area contributed by atoms with Crippen molar-refractivity contribution in [2.24, 2.45) is 0 Å². The number of fused-ring (bicyclic) bond motifs is 17. The van der Waals surface area contributed by atoms with Gasteiger partial charge in [0, 0.05) is 171 Å². The Labute approximate surface area is 757 Å². The van der Waals surface area contributed by atoms with E-state index in [0.29, 0.717) is 46.4 Å². The molecule has 0 radical (unpaired) electrons. The lowest BCUT2D eigenvalue weighted by Crippen LogP contribution is -2.47. The van der Waals surface area contributed by atoms with E-state index >= 15 is 0 Å². The Kier molecular flexibility index (Phi) is 23.8. The number of hydrogen-bond donors (Lipinski definition) is 4. The molecule has 8 heterocycles. The topological polar surface area (TPSA) is 242 Å². The Hall–Kier alpha value is -14.1. The molecule has 4 fully saturated rings. The molecule has 4 amide bonds. The van der Waals surface area contributed by atoms with E-state index in [-0.39, 0.29) is 45.3 Å². The molecule has 4 aromatic heterocycles. The summed E-state index contributed by atoms with van der Waals surface area (Å²) in [6, 6.07) is 82.9. The molecule has 22 heteroatoms. The van der Waals surface area contributed by atoms with Gasteiger partial charge in [-0.1, -0.05) is 194 Å². The van der Waals surface area contributed by atoms with Crippen LogP contribution in [0.5, 0.6) is 11.5 Å². The summed E-state index contributed by atoms with van der Waals surface area (Å²) < 4.78 is 5.87. The SMILES string of the molecule is CNc1ncc2c(n1)-c1ccccc1C1(CCN(C(=O)Cc3ccccc3)CC1)C2.CNc1ncc2c(n1)-c1ccccc1C1(CCN(C(=O)c3ccc(Oc4ccccc4)cc3)CC1)C2.CNc1ncc2c(n1)-c1ccccc1C1(CCN(C(=O)c3ccc4ccccc4c3)CC1)C2.CNc1ncc2c(n1)-c1ccccc1C1(CCN(C(=O)c3cccc(Cl)c3)CC1)C2. The number of ether oxygens (including phenoxy) is 1. The van der Waals surface area contributed by atoms with Crippen molar-refractivity contribution in [2.45, 2.75) is 105 Å². The van der Waals surface area contributed by atoms with E-state index in [2.05, 4.69) is 150 Å². The second-order valence-electron chi connectivity index (χ2n) is 35.2. The number of rotatable bonds is 11. The summed E-state index contributed by atoms with van der Waals surface area (Å²) in [5.41, 5.74) is 22.4. The van der Waals surface area contributed by atoms with Crippen LogP contribution in [-0.4, -0.2) is 164 Å². The van der Waals surface area contributed by atoms with Gasteiger partial charge in [-0.15, -0.1) is 0 Å². The van der Waals surface area contributed by atoms with Gasteiger partial charge in [-0.3, -0.25) is 19.2 Å². The van der Waals surface area contributed by atoms with E-state index in [1.807, 2.05) is 200 Å². The number of likely N-dealkylation sites (tertiary alicyclic amines) is 4. The number of carbonyl (C=O) groups excluding carboxylic acids is 4. The highest BCUT2D eigenvalue weighted by atomic mass is 35.5. The number of nitrogens with zero attached hydrogens (tertiary/aromatic N) is 12. The predicted molar refractivity (Wildman–Crippen MR) is 509 cm³/mol. The summed E-state index contributed by atoms with van der Waals surface area (Å²) in [5.74, 6) is 4.56. The van der Waals surface area contributed by atoms with Crippen LogP contribution in [0.2, 0.25) is 5.02 Å². The average molecular weight is 1730 g/mol. The summed E-state index contributed by atoms with van der Waals surface area (Å²) in [6.45, 7) is 6.00. The van der Waals surface area contributed by atoms with Gasteiger partial charge in [0.2, 0.25) is 29.7 Å². The molecule has 0 saturated carbocycles. The molecule has 4 saturated heterocycles. The number of hydrogen-bond acceptors (Lipinski definition) is 17. The quantitative estimate of drug-likeness (QED) is 0.0941. The van der Waals surface area contributed by atoms with Crippen molar-refractivity contribution < 1.29 is 23.9 Å². The predicted octanol–water partition coefficient (Wildman–Crippen LogP) is 19.2. The molecule has 0 atom stereocenters. The summed E-state index contributed by atoms with van der Waals surface area (Å²) in [7, 11) is 7.37. The Morgan fingerprint density at radius 1 is 0.326 bits per heavy atom. The summed E-state index contributed by atoms with van der Waals surface area (Å²) in [6.07, 6.45) is 19.5. The van der Waals surface area contributed by atoms with Gasteiger partial charge in [-0.05, 0) is 205 Å². The highest BCUT2D eigenvalue weighted by molar-refractivity contribution is 6.31. The molecule has 4 aliphatic carbocycles. The minimum absolute atomic E-state index is 0.00171. The number of nitrogens with one attached hydrogen (secondary N) is 4. The Morgan fingerprint density at radius 3 is 1.02 bits per heavy atom. The van der Waals surface area contributed by atoms with E-state index in [9.17, 15) is 19.2 Å². The first-order valence-electron chi connectivity index (χ1n) is 44.9. The largest absolute Gasteiger partial charge is 0.457 e. The fourth-order valence-electron chi connectivity index (χ4n) is 21.1. The van der Waals surface area contributed by atoms with E-state index in [4.69, 9.17) is 36.3 Å². The average Bonchev–Trinajstić information content (AvgIpc) is 0.746. The molecular weight excluding hydrogens is 1620 g/mol. The highest BCUT2D eigenvalue weighted by Crippen LogP contribution is 2.53. The van der Waals surface area contributed by atoms with Gasteiger partial charge in [0.1, 0.15) is 11.5 Å². The molecule has 4 N–H and O–H groups in total. The second-order valence-corrected chi connectivity index (χ2v) is 35.6. The summed E-state index contributed by atoms with van der Waals surface area (Å²) >= 11 is 6.08. The molecule has 10 aromatic carbocycles. The fourth-order valence-corrected chi connectivity index (χ4v) is 21.2. The first-order chi connectivity index (χ1) is 63.1. The van der Waals surface area contributed by atoms with E-state index in [1.165, 1.54) is 66.8 Å². The van der Waals surface area contributed by atoms with Gasteiger partial charge in [0.15, 0.2) is 0 Å².